The van der Waals surface area contributed by atoms with Crippen LogP contribution in [0.1, 0.15) is 48.5 Å². The third kappa shape index (κ3) is 5.74. The van der Waals surface area contributed by atoms with E-state index in [1.54, 1.807) is 48.5 Å². The summed E-state index contributed by atoms with van der Waals surface area (Å²) in [7, 11) is -1.52. The van der Waals surface area contributed by atoms with E-state index in [0.717, 1.165) is 0 Å². The molecular weight excluding hydrogens is 294 g/mol. The quantitative estimate of drug-likeness (QED) is 0.720. The van der Waals surface area contributed by atoms with Gasteiger partial charge in [0.15, 0.2) is 0 Å². The summed E-state index contributed by atoms with van der Waals surface area (Å²) in [6.07, 6.45) is 0. The van der Waals surface area contributed by atoms with Crippen LogP contribution in [-0.2, 0) is 30.0 Å². The highest BCUT2D eigenvalue weighted by Gasteiger charge is 2.45. The van der Waals surface area contributed by atoms with E-state index < -0.39 is 39.1 Å². The lowest BCUT2D eigenvalue weighted by Crippen LogP contribution is -2.55. The molecule has 0 spiro atoms. The van der Waals surface area contributed by atoms with Gasteiger partial charge in [-0.05, 0) is 48.5 Å². The van der Waals surface area contributed by atoms with Crippen molar-refractivity contribution in [1.29, 1.82) is 0 Å². The molecule has 1 N–H and O–H groups in total. The highest BCUT2D eigenvalue weighted by Crippen LogP contribution is 2.25. The molecule has 2 atom stereocenters. The molecule has 0 rings (SSSR count). The summed E-state index contributed by atoms with van der Waals surface area (Å²) in [5.74, 6) is -1.16. The van der Waals surface area contributed by atoms with Crippen molar-refractivity contribution in [3.63, 3.8) is 0 Å². The van der Waals surface area contributed by atoms with Gasteiger partial charge in [0.2, 0.25) is 0 Å². The van der Waals surface area contributed by atoms with Crippen LogP contribution in [0.4, 0.5) is 0 Å². The Kier molecular flexibility index (Phi) is 7.53. The molecule has 0 aromatic heterocycles. The Balaban J connectivity index is 5.37. The summed E-state index contributed by atoms with van der Waals surface area (Å²) in [6, 6.07) is -1.04. The van der Waals surface area contributed by atoms with E-state index in [-0.39, 0.29) is 13.2 Å². The van der Waals surface area contributed by atoms with Crippen LogP contribution >= 0.6 is 0 Å². The molecule has 0 aromatic rings. The number of carbonyl (C=O) groups excluding carboxylic acids is 2. The van der Waals surface area contributed by atoms with Crippen molar-refractivity contribution in [2.45, 2.75) is 59.3 Å². The zero-order valence-electron chi connectivity index (χ0n) is 13.9. The van der Waals surface area contributed by atoms with Crippen LogP contribution in [0.25, 0.3) is 0 Å². The van der Waals surface area contributed by atoms with E-state index in [0.29, 0.717) is 0 Å². The van der Waals surface area contributed by atoms with E-state index in [9.17, 15) is 13.8 Å². The van der Waals surface area contributed by atoms with Gasteiger partial charge in [0.05, 0.1) is 34.4 Å². The Morgan fingerprint density at radius 1 is 1.05 bits per heavy atom. The molecule has 21 heavy (non-hydrogen) atoms. The molecule has 0 saturated carbocycles. The van der Waals surface area contributed by atoms with Crippen LogP contribution in [0.15, 0.2) is 0 Å². The maximum absolute atomic E-state index is 12.3. The fraction of sp³-hybridized carbons (Fsp3) is 0.857. The molecule has 0 amide bonds. The summed E-state index contributed by atoms with van der Waals surface area (Å²) >= 11 is 0. The molecule has 0 fully saturated rings. The molecule has 0 aliphatic carbocycles. The summed E-state index contributed by atoms with van der Waals surface area (Å²) in [6.45, 7) is 12.2. The third-order valence-corrected chi connectivity index (χ3v) is 4.39. The molecule has 0 radical (unpaired) electrons. The van der Waals surface area contributed by atoms with Gasteiger partial charge in [0, 0.05) is 0 Å². The van der Waals surface area contributed by atoms with Crippen molar-refractivity contribution in [2.24, 2.45) is 5.41 Å². The maximum Gasteiger partial charge on any atom is 0.325 e. The first kappa shape index (κ1) is 20.1. The Labute approximate surface area is 129 Å². The van der Waals surface area contributed by atoms with Gasteiger partial charge in [-0.15, -0.1) is 0 Å². The molecule has 6 nitrogen and oxygen atoms in total. The Morgan fingerprint density at radius 3 is 1.90 bits per heavy atom. The van der Waals surface area contributed by atoms with Gasteiger partial charge in [-0.2, -0.15) is 0 Å². The first-order chi connectivity index (χ1) is 9.48. The number of rotatable bonds is 7. The molecule has 0 unspecified atom stereocenters. The van der Waals surface area contributed by atoms with Crippen molar-refractivity contribution in [1.82, 2.24) is 4.72 Å². The van der Waals surface area contributed by atoms with Gasteiger partial charge in [0.1, 0.15) is 6.04 Å². The Bertz CT molecular complexity index is 401. The third-order valence-electron chi connectivity index (χ3n) is 2.83. The van der Waals surface area contributed by atoms with Gasteiger partial charge in [-0.1, -0.05) is 0 Å². The van der Waals surface area contributed by atoms with Crippen molar-refractivity contribution in [3.05, 3.63) is 0 Å². The monoisotopic (exact) mass is 321 g/mol. The lowest BCUT2D eigenvalue weighted by atomic mass is 9.85. The summed E-state index contributed by atoms with van der Waals surface area (Å²) in [4.78, 5) is 24.2. The second-order valence-electron chi connectivity index (χ2n) is 6.13. The van der Waals surface area contributed by atoms with Crippen LogP contribution in [0.5, 0.6) is 0 Å². The molecule has 0 saturated heterocycles. The highest BCUT2D eigenvalue weighted by atomic mass is 32.2. The van der Waals surface area contributed by atoms with Crippen LogP contribution in [0, 0.1) is 5.41 Å². The maximum atomic E-state index is 12.3. The molecule has 0 heterocycles. The second kappa shape index (κ2) is 7.89. The zero-order valence-corrected chi connectivity index (χ0v) is 14.8. The lowest BCUT2D eigenvalue weighted by Gasteiger charge is -2.32. The summed E-state index contributed by atoms with van der Waals surface area (Å²) in [5.41, 5.74) is -1.19. The van der Waals surface area contributed by atoms with Gasteiger partial charge >= 0.3 is 11.9 Å². The SMILES string of the molecule is CCOC(=O)[C@H](N[S@](=O)C(C)(C)C)C(C)(C)C(=O)OCC. The van der Waals surface area contributed by atoms with Crippen LogP contribution < -0.4 is 4.72 Å². The van der Waals surface area contributed by atoms with E-state index >= 15 is 0 Å². The van der Waals surface area contributed by atoms with Crippen LogP contribution in [0.3, 0.4) is 0 Å². The van der Waals surface area contributed by atoms with Crippen molar-refractivity contribution in [2.75, 3.05) is 13.2 Å². The van der Waals surface area contributed by atoms with E-state index in [2.05, 4.69) is 4.72 Å². The number of carbonyl (C=O) groups is 2. The number of nitrogens with one attached hydrogen (secondary N) is 1. The predicted octanol–water partition coefficient (Wildman–Crippen LogP) is 1.56. The molecule has 0 aromatic carbocycles. The topological polar surface area (TPSA) is 81.7 Å². The fourth-order valence-electron chi connectivity index (χ4n) is 1.43. The number of hydrogen-bond donors (Lipinski definition) is 1. The Morgan fingerprint density at radius 2 is 1.52 bits per heavy atom. The van der Waals surface area contributed by atoms with Gasteiger partial charge in [0.25, 0.3) is 0 Å². The molecule has 7 heteroatoms. The van der Waals surface area contributed by atoms with Gasteiger partial charge in [-0.3, -0.25) is 9.59 Å². The van der Waals surface area contributed by atoms with E-state index in [1.165, 1.54) is 0 Å². The summed E-state index contributed by atoms with van der Waals surface area (Å²) < 4.78 is 24.4. The molecule has 0 bridgehead atoms. The number of hydrogen-bond acceptors (Lipinski definition) is 5. The Hall–Kier alpha value is -0.950. The molecule has 124 valence electrons. The molecule has 0 aliphatic heterocycles. The van der Waals surface area contributed by atoms with Crippen molar-refractivity contribution < 1.29 is 23.3 Å². The highest BCUT2D eigenvalue weighted by molar-refractivity contribution is 7.84. The van der Waals surface area contributed by atoms with Gasteiger partial charge in [-0.25, -0.2) is 8.93 Å². The van der Waals surface area contributed by atoms with E-state index in [4.69, 9.17) is 9.47 Å². The average Bonchev–Trinajstić information content (AvgIpc) is 2.34. The average molecular weight is 321 g/mol. The predicted molar refractivity (Wildman–Crippen MR) is 81.9 cm³/mol. The molecular formula is C14H27NO5S. The zero-order chi connectivity index (χ0) is 16.8. The first-order valence-corrected chi connectivity index (χ1v) is 8.15. The van der Waals surface area contributed by atoms with Crippen LogP contribution in [-0.4, -0.2) is 40.2 Å². The van der Waals surface area contributed by atoms with Crippen molar-refractivity contribution in [3.8, 4) is 0 Å². The van der Waals surface area contributed by atoms with E-state index in [1.807, 2.05) is 0 Å². The number of esters is 2. The van der Waals surface area contributed by atoms with Crippen LogP contribution in [0.2, 0.25) is 0 Å². The van der Waals surface area contributed by atoms with Crippen molar-refractivity contribution >= 4 is 22.9 Å². The smallest absolute Gasteiger partial charge is 0.325 e. The lowest BCUT2D eigenvalue weighted by molar-refractivity contribution is -0.162. The minimum absolute atomic E-state index is 0.179. The largest absolute Gasteiger partial charge is 0.466 e. The summed E-state index contributed by atoms with van der Waals surface area (Å²) in [5, 5.41) is 0. The second-order valence-corrected chi connectivity index (χ2v) is 8.12. The normalized spacial score (nSPS) is 15.2. The first-order valence-electron chi connectivity index (χ1n) is 7.00. The minimum Gasteiger partial charge on any atom is -0.466 e. The minimum atomic E-state index is -1.52. The fourth-order valence-corrected chi connectivity index (χ4v) is 2.39. The molecule has 0 aliphatic rings. The van der Waals surface area contributed by atoms with Gasteiger partial charge < -0.3 is 9.47 Å². The standard InChI is InChI=1S/C14H27NO5S/c1-8-19-11(16)10(15-21(18)13(3,4)5)14(6,7)12(17)20-9-2/h10,15H,8-9H2,1-7H3/t10-,21+/m0/s1. The number of ether oxygens (including phenoxy) is 2.